The van der Waals surface area contributed by atoms with Crippen LogP contribution in [-0.4, -0.2) is 5.78 Å². The molecule has 1 fully saturated rings. The summed E-state index contributed by atoms with van der Waals surface area (Å²) >= 11 is 0. The van der Waals surface area contributed by atoms with Gasteiger partial charge in [0.1, 0.15) is 5.78 Å². The van der Waals surface area contributed by atoms with Crippen molar-refractivity contribution in [2.24, 2.45) is 11.8 Å². The maximum atomic E-state index is 11.3. The van der Waals surface area contributed by atoms with E-state index in [2.05, 4.69) is 13.8 Å². The third kappa shape index (κ3) is 4.53. The molecular weight excluding hydrogens is 148 g/mol. The van der Waals surface area contributed by atoms with E-state index in [1.165, 1.54) is 19.3 Å². The minimum Gasteiger partial charge on any atom is -0.300 e. The van der Waals surface area contributed by atoms with Crippen LogP contribution in [0.3, 0.4) is 0 Å². The van der Waals surface area contributed by atoms with E-state index in [0.29, 0.717) is 5.78 Å². The van der Waals surface area contributed by atoms with Crippen LogP contribution in [0.4, 0.5) is 0 Å². The molecular formula is C11H20O. The second-order valence-corrected chi connectivity index (χ2v) is 4.47. The second-order valence-electron chi connectivity index (χ2n) is 4.47. The molecule has 1 aliphatic carbocycles. The van der Waals surface area contributed by atoms with Crippen molar-refractivity contribution in [3.8, 4) is 0 Å². The van der Waals surface area contributed by atoms with E-state index in [1.807, 2.05) is 0 Å². The molecule has 1 rings (SSSR count). The maximum Gasteiger partial charge on any atom is 0.133 e. The van der Waals surface area contributed by atoms with E-state index < -0.39 is 0 Å². The van der Waals surface area contributed by atoms with Crippen molar-refractivity contribution < 1.29 is 4.79 Å². The number of ketones is 1. The Morgan fingerprint density at radius 3 is 2.58 bits per heavy atom. The lowest BCUT2D eigenvalue weighted by atomic mass is 10.0. The number of carbonyl (C=O) groups is 1. The first kappa shape index (κ1) is 9.76. The van der Waals surface area contributed by atoms with Gasteiger partial charge in [0.05, 0.1) is 0 Å². The third-order valence-corrected chi connectivity index (χ3v) is 2.45. The molecule has 0 radical (unpaired) electrons. The molecule has 0 bridgehead atoms. The highest BCUT2D eigenvalue weighted by molar-refractivity contribution is 5.78. The van der Waals surface area contributed by atoms with Gasteiger partial charge in [-0.1, -0.05) is 20.3 Å². The largest absolute Gasteiger partial charge is 0.300 e. The molecule has 12 heavy (non-hydrogen) atoms. The summed E-state index contributed by atoms with van der Waals surface area (Å²) in [5.74, 6) is 2.02. The normalized spacial score (nSPS) is 16.9. The highest BCUT2D eigenvalue weighted by Crippen LogP contribution is 2.33. The molecule has 0 unspecified atom stereocenters. The standard InChI is InChI=1S/C11H20O/c1-9(2)4-3-5-11(12)8-10-6-7-10/h9-10H,3-8H2,1-2H3. The molecule has 0 spiro atoms. The Labute approximate surface area is 75.5 Å². The van der Waals surface area contributed by atoms with Crippen LogP contribution in [-0.2, 0) is 4.79 Å². The second kappa shape index (κ2) is 4.64. The summed E-state index contributed by atoms with van der Waals surface area (Å²) in [5, 5.41) is 0. The molecule has 0 amide bonds. The number of hydrogen-bond acceptors (Lipinski definition) is 1. The molecule has 0 aliphatic heterocycles. The van der Waals surface area contributed by atoms with Gasteiger partial charge >= 0.3 is 0 Å². The number of carbonyl (C=O) groups excluding carboxylic acids is 1. The molecule has 70 valence electrons. The molecule has 1 heteroatoms. The topological polar surface area (TPSA) is 17.1 Å². The molecule has 1 saturated carbocycles. The predicted octanol–water partition coefficient (Wildman–Crippen LogP) is 3.18. The Balaban J connectivity index is 1.94. The average Bonchev–Trinajstić information content (AvgIpc) is 2.70. The van der Waals surface area contributed by atoms with Gasteiger partial charge in [-0.05, 0) is 31.1 Å². The summed E-state index contributed by atoms with van der Waals surface area (Å²) in [7, 11) is 0. The number of rotatable bonds is 6. The lowest BCUT2D eigenvalue weighted by Crippen LogP contribution is -1.99. The zero-order valence-electron chi connectivity index (χ0n) is 8.31. The molecule has 0 N–H and O–H groups in total. The summed E-state index contributed by atoms with van der Waals surface area (Å²) < 4.78 is 0. The van der Waals surface area contributed by atoms with Gasteiger partial charge in [0.25, 0.3) is 0 Å². The van der Waals surface area contributed by atoms with E-state index in [1.54, 1.807) is 0 Å². The predicted molar refractivity (Wildman–Crippen MR) is 51.0 cm³/mol. The van der Waals surface area contributed by atoms with E-state index in [4.69, 9.17) is 0 Å². The van der Waals surface area contributed by atoms with Crippen molar-refractivity contribution >= 4 is 5.78 Å². The first-order valence-corrected chi connectivity index (χ1v) is 5.20. The van der Waals surface area contributed by atoms with Gasteiger partial charge < -0.3 is 0 Å². The zero-order chi connectivity index (χ0) is 8.97. The Hall–Kier alpha value is -0.330. The van der Waals surface area contributed by atoms with Gasteiger partial charge in [-0.3, -0.25) is 4.79 Å². The Bertz CT molecular complexity index is 145. The Morgan fingerprint density at radius 2 is 2.08 bits per heavy atom. The Kier molecular flexibility index (Phi) is 3.77. The fourth-order valence-corrected chi connectivity index (χ4v) is 1.45. The average molecular weight is 168 g/mol. The van der Waals surface area contributed by atoms with Gasteiger partial charge in [0.2, 0.25) is 0 Å². The summed E-state index contributed by atoms with van der Waals surface area (Å²) in [6.07, 6.45) is 6.61. The van der Waals surface area contributed by atoms with Crippen LogP contribution < -0.4 is 0 Å². The third-order valence-electron chi connectivity index (χ3n) is 2.45. The van der Waals surface area contributed by atoms with Crippen LogP contribution in [0.25, 0.3) is 0 Å². The highest BCUT2D eigenvalue weighted by Gasteiger charge is 2.23. The van der Waals surface area contributed by atoms with Crippen molar-refractivity contribution in [3.05, 3.63) is 0 Å². The van der Waals surface area contributed by atoms with Gasteiger partial charge in [-0.25, -0.2) is 0 Å². The SMILES string of the molecule is CC(C)CCCC(=O)CC1CC1. The van der Waals surface area contributed by atoms with Gasteiger partial charge in [-0.15, -0.1) is 0 Å². The fraction of sp³-hybridized carbons (Fsp3) is 0.909. The molecule has 1 aliphatic rings. The molecule has 0 atom stereocenters. The van der Waals surface area contributed by atoms with E-state index in [0.717, 1.165) is 31.1 Å². The first-order valence-electron chi connectivity index (χ1n) is 5.20. The number of Topliss-reactive ketones (excluding diaryl/α,β-unsaturated/α-hetero) is 1. The lowest BCUT2D eigenvalue weighted by molar-refractivity contribution is -0.119. The fourth-order valence-electron chi connectivity index (χ4n) is 1.45. The van der Waals surface area contributed by atoms with Gasteiger partial charge in [0, 0.05) is 12.8 Å². The van der Waals surface area contributed by atoms with E-state index in [-0.39, 0.29) is 0 Å². The first-order chi connectivity index (χ1) is 5.68. The van der Waals surface area contributed by atoms with Crippen molar-refractivity contribution in [3.63, 3.8) is 0 Å². The highest BCUT2D eigenvalue weighted by atomic mass is 16.1. The molecule has 0 aromatic rings. The van der Waals surface area contributed by atoms with Crippen molar-refractivity contribution in [2.45, 2.75) is 52.4 Å². The van der Waals surface area contributed by atoms with Crippen molar-refractivity contribution in [1.29, 1.82) is 0 Å². The maximum absolute atomic E-state index is 11.3. The van der Waals surface area contributed by atoms with Gasteiger partial charge in [0.15, 0.2) is 0 Å². The van der Waals surface area contributed by atoms with Crippen LogP contribution in [0.15, 0.2) is 0 Å². The molecule has 0 saturated heterocycles. The van der Waals surface area contributed by atoms with Crippen LogP contribution in [0.5, 0.6) is 0 Å². The molecule has 0 aromatic carbocycles. The van der Waals surface area contributed by atoms with Crippen LogP contribution >= 0.6 is 0 Å². The molecule has 0 aromatic heterocycles. The Morgan fingerprint density at radius 1 is 1.42 bits per heavy atom. The molecule has 0 heterocycles. The minimum absolute atomic E-state index is 0.498. The smallest absolute Gasteiger partial charge is 0.133 e. The van der Waals surface area contributed by atoms with Crippen LogP contribution in [0, 0.1) is 11.8 Å². The van der Waals surface area contributed by atoms with E-state index in [9.17, 15) is 4.79 Å². The summed E-state index contributed by atoms with van der Waals surface area (Å²) in [6, 6.07) is 0. The van der Waals surface area contributed by atoms with Gasteiger partial charge in [-0.2, -0.15) is 0 Å². The van der Waals surface area contributed by atoms with E-state index >= 15 is 0 Å². The van der Waals surface area contributed by atoms with Crippen molar-refractivity contribution in [1.82, 2.24) is 0 Å². The summed E-state index contributed by atoms with van der Waals surface area (Å²) in [4.78, 5) is 11.3. The van der Waals surface area contributed by atoms with Crippen LogP contribution in [0.1, 0.15) is 52.4 Å². The minimum atomic E-state index is 0.498. The lowest BCUT2D eigenvalue weighted by Gasteiger charge is -2.02. The number of hydrogen-bond donors (Lipinski definition) is 0. The monoisotopic (exact) mass is 168 g/mol. The summed E-state index contributed by atoms with van der Waals surface area (Å²) in [6.45, 7) is 4.43. The summed E-state index contributed by atoms with van der Waals surface area (Å²) in [5.41, 5.74) is 0. The van der Waals surface area contributed by atoms with Crippen LogP contribution in [0.2, 0.25) is 0 Å². The molecule has 1 nitrogen and oxygen atoms in total. The quantitative estimate of drug-likeness (QED) is 0.595. The van der Waals surface area contributed by atoms with Crippen molar-refractivity contribution in [2.75, 3.05) is 0 Å². The zero-order valence-corrected chi connectivity index (χ0v) is 8.31.